The molecule has 0 aromatic rings. The quantitative estimate of drug-likeness (QED) is 0.699. The normalized spacial score (nSPS) is 27.4. The van der Waals surface area contributed by atoms with Crippen molar-refractivity contribution in [3.8, 4) is 0 Å². The molecule has 0 heterocycles. The Bertz CT molecular complexity index is 220. The number of methoxy groups -OCH3 is 2. The number of carbonyl (C=O) groups excluding carboxylic acids is 1. The van der Waals surface area contributed by atoms with E-state index in [0.29, 0.717) is 23.0 Å². The molecule has 0 aromatic heterocycles. The fraction of sp³-hybridized carbons (Fsp3) is 0.917. The molecule has 3 unspecified atom stereocenters. The van der Waals surface area contributed by atoms with Crippen LogP contribution in [-0.4, -0.2) is 36.8 Å². The molecule has 0 saturated heterocycles. The van der Waals surface area contributed by atoms with Crippen LogP contribution in [0.4, 0.5) is 0 Å². The Balaban J connectivity index is 2.27. The lowest BCUT2D eigenvalue weighted by Gasteiger charge is -2.29. The minimum Gasteiger partial charge on any atom is -0.469 e. The molecular formula is C12H22O3S. The minimum atomic E-state index is -0.112. The van der Waals surface area contributed by atoms with Crippen LogP contribution >= 0.6 is 11.8 Å². The van der Waals surface area contributed by atoms with Crippen molar-refractivity contribution >= 4 is 17.7 Å². The first kappa shape index (κ1) is 13.8. The van der Waals surface area contributed by atoms with Crippen LogP contribution in [-0.2, 0) is 14.3 Å². The number of esters is 1. The van der Waals surface area contributed by atoms with Gasteiger partial charge >= 0.3 is 5.97 Å². The van der Waals surface area contributed by atoms with E-state index >= 15 is 0 Å². The summed E-state index contributed by atoms with van der Waals surface area (Å²) in [5.74, 6) is -0.112. The monoisotopic (exact) mass is 246 g/mol. The number of carbonyl (C=O) groups is 1. The van der Waals surface area contributed by atoms with E-state index < -0.39 is 0 Å². The van der Waals surface area contributed by atoms with Crippen LogP contribution in [0.5, 0.6) is 0 Å². The molecule has 16 heavy (non-hydrogen) atoms. The number of ether oxygens (including phenoxy) is 2. The Labute approximate surface area is 102 Å². The molecule has 0 spiro atoms. The van der Waals surface area contributed by atoms with E-state index in [-0.39, 0.29) is 5.97 Å². The largest absolute Gasteiger partial charge is 0.469 e. The van der Waals surface area contributed by atoms with Gasteiger partial charge in [-0.1, -0.05) is 6.92 Å². The van der Waals surface area contributed by atoms with Crippen molar-refractivity contribution in [3.05, 3.63) is 0 Å². The lowest BCUT2D eigenvalue weighted by molar-refractivity contribution is -0.140. The van der Waals surface area contributed by atoms with E-state index in [1.807, 2.05) is 11.8 Å². The molecule has 1 aliphatic carbocycles. The maximum absolute atomic E-state index is 11.1. The first-order chi connectivity index (χ1) is 7.65. The van der Waals surface area contributed by atoms with Crippen molar-refractivity contribution in [1.29, 1.82) is 0 Å². The molecule has 4 heteroatoms. The second-order valence-corrected chi connectivity index (χ2v) is 6.12. The average molecular weight is 246 g/mol. The van der Waals surface area contributed by atoms with Crippen LogP contribution in [0.2, 0.25) is 0 Å². The molecule has 94 valence electrons. The summed E-state index contributed by atoms with van der Waals surface area (Å²) in [6.07, 6.45) is 5.70. The molecular weight excluding hydrogens is 224 g/mol. The van der Waals surface area contributed by atoms with Gasteiger partial charge in [0.15, 0.2) is 0 Å². The smallest absolute Gasteiger partial charge is 0.306 e. The molecule has 0 N–H and O–H groups in total. The summed E-state index contributed by atoms with van der Waals surface area (Å²) in [5.41, 5.74) is 0. The highest BCUT2D eigenvalue weighted by Gasteiger charge is 2.24. The highest BCUT2D eigenvalue weighted by molar-refractivity contribution is 8.00. The van der Waals surface area contributed by atoms with E-state index in [1.165, 1.54) is 26.4 Å². The van der Waals surface area contributed by atoms with Crippen molar-refractivity contribution in [2.24, 2.45) is 0 Å². The van der Waals surface area contributed by atoms with E-state index in [4.69, 9.17) is 4.74 Å². The summed E-state index contributed by atoms with van der Waals surface area (Å²) in [4.78, 5) is 11.1. The third kappa shape index (κ3) is 4.74. The zero-order valence-electron chi connectivity index (χ0n) is 10.4. The number of rotatable bonds is 5. The van der Waals surface area contributed by atoms with Gasteiger partial charge in [-0.2, -0.15) is 11.8 Å². The molecule has 0 aromatic carbocycles. The Hall–Kier alpha value is -0.220. The Kier molecular flexibility index (Phi) is 6.21. The second kappa shape index (κ2) is 7.17. The van der Waals surface area contributed by atoms with Crippen molar-refractivity contribution in [3.63, 3.8) is 0 Å². The number of hydrogen-bond donors (Lipinski definition) is 0. The van der Waals surface area contributed by atoms with E-state index in [1.54, 1.807) is 7.11 Å². The maximum atomic E-state index is 11.1. The molecule has 1 rings (SSSR count). The fourth-order valence-corrected chi connectivity index (χ4v) is 3.65. The predicted molar refractivity (Wildman–Crippen MR) is 66.7 cm³/mol. The van der Waals surface area contributed by atoms with Gasteiger partial charge in [0.05, 0.1) is 19.6 Å². The van der Waals surface area contributed by atoms with Gasteiger partial charge in [-0.25, -0.2) is 0 Å². The van der Waals surface area contributed by atoms with Crippen LogP contribution in [0.1, 0.15) is 39.0 Å². The van der Waals surface area contributed by atoms with Crippen LogP contribution in [0.3, 0.4) is 0 Å². The molecule has 0 aliphatic heterocycles. The summed E-state index contributed by atoms with van der Waals surface area (Å²) in [6, 6.07) is 0. The molecule has 0 radical (unpaired) electrons. The third-order valence-corrected chi connectivity index (χ3v) is 4.46. The molecule has 1 saturated carbocycles. The van der Waals surface area contributed by atoms with Crippen LogP contribution < -0.4 is 0 Å². The standard InChI is InChI=1S/C12H22O3S/c1-9(7-12(13)15-3)16-11-6-4-5-10(8-11)14-2/h9-11H,4-8H2,1-3H3. The zero-order chi connectivity index (χ0) is 12.0. The van der Waals surface area contributed by atoms with Crippen LogP contribution in [0.25, 0.3) is 0 Å². The Morgan fingerprint density at radius 3 is 2.81 bits per heavy atom. The first-order valence-electron chi connectivity index (χ1n) is 5.90. The van der Waals surface area contributed by atoms with Crippen molar-refractivity contribution in [1.82, 2.24) is 0 Å². The fourth-order valence-electron chi connectivity index (χ4n) is 2.13. The van der Waals surface area contributed by atoms with E-state index in [9.17, 15) is 4.79 Å². The molecule has 1 aliphatic rings. The SMILES string of the molecule is COC(=O)CC(C)SC1CCCC(OC)C1. The van der Waals surface area contributed by atoms with E-state index in [2.05, 4.69) is 11.7 Å². The predicted octanol–water partition coefficient (Wildman–Crippen LogP) is 2.63. The van der Waals surface area contributed by atoms with Crippen molar-refractivity contribution in [2.75, 3.05) is 14.2 Å². The minimum absolute atomic E-state index is 0.112. The molecule has 3 atom stereocenters. The number of thioether (sulfide) groups is 1. The van der Waals surface area contributed by atoms with Gasteiger partial charge in [0, 0.05) is 17.6 Å². The van der Waals surface area contributed by atoms with Crippen LogP contribution in [0, 0.1) is 0 Å². The molecule has 1 fully saturated rings. The Morgan fingerprint density at radius 1 is 1.44 bits per heavy atom. The van der Waals surface area contributed by atoms with Gasteiger partial charge in [0.2, 0.25) is 0 Å². The third-order valence-electron chi connectivity index (χ3n) is 3.02. The molecule has 3 nitrogen and oxygen atoms in total. The summed E-state index contributed by atoms with van der Waals surface area (Å²) >= 11 is 1.90. The van der Waals surface area contributed by atoms with Crippen LogP contribution in [0.15, 0.2) is 0 Å². The summed E-state index contributed by atoms with van der Waals surface area (Å²) in [5, 5.41) is 0.978. The summed E-state index contributed by atoms with van der Waals surface area (Å²) in [6.45, 7) is 2.10. The maximum Gasteiger partial charge on any atom is 0.306 e. The molecule has 0 amide bonds. The van der Waals surface area contributed by atoms with Gasteiger partial charge in [0.1, 0.15) is 0 Å². The highest BCUT2D eigenvalue weighted by Crippen LogP contribution is 2.33. The van der Waals surface area contributed by atoms with Gasteiger partial charge < -0.3 is 9.47 Å². The lowest BCUT2D eigenvalue weighted by Crippen LogP contribution is -2.25. The van der Waals surface area contributed by atoms with Gasteiger partial charge in [0.25, 0.3) is 0 Å². The molecule has 0 bridgehead atoms. The van der Waals surface area contributed by atoms with Gasteiger partial charge in [-0.3, -0.25) is 4.79 Å². The van der Waals surface area contributed by atoms with Gasteiger partial charge in [-0.05, 0) is 25.7 Å². The second-order valence-electron chi connectivity index (χ2n) is 4.37. The Morgan fingerprint density at radius 2 is 2.19 bits per heavy atom. The topological polar surface area (TPSA) is 35.5 Å². The number of hydrogen-bond acceptors (Lipinski definition) is 4. The van der Waals surface area contributed by atoms with E-state index in [0.717, 1.165) is 6.42 Å². The van der Waals surface area contributed by atoms with Gasteiger partial charge in [-0.15, -0.1) is 0 Å². The highest BCUT2D eigenvalue weighted by atomic mass is 32.2. The van der Waals surface area contributed by atoms with Crippen molar-refractivity contribution in [2.45, 2.75) is 55.6 Å². The first-order valence-corrected chi connectivity index (χ1v) is 6.85. The average Bonchev–Trinajstić information content (AvgIpc) is 2.28. The lowest BCUT2D eigenvalue weighted by atomic mass is 9.97. The van der Waals surface area contributed by atoms with Crippen molar-refractivity contribution < 1.29 is 14.3 Å². The zero-order valence-corrected chi connectivity index (χ0v) is 11.2. The summed E-state index contributed by atoms with van der Waals surface area (Å²) in [7, 11) is 3.23. The summed E-state index contributed by atoms with van der Waals surface area (Å²) < 4.78 is 10.1.